The van der Waals surface area contributed by atoms with Gasteiger partial charge in [-0.1, -0.05) is 18.2 Å². The van der Waals surface area contributed by atoms with E-state index in [1.807, 2.05) is 0 Å². The van der Waals surface area contributed by atoms with Crippen LogP contribution in [0.25, 0.3) is 0 Å². The molecule has 1 aromatic heterocycles. The number of carbonyl (C=O) groups excluding carboxylic acids is 1. The Labute approximate surface area is 119 Å². The van der Waals surface area contributed by atoms with Crippen molar-refractivity contribution in [1.29, 1.82) is 0 Å². The molecular formula is C14H12F3N3O. The second-order valence-electron chi connectivity index (χ2n) is 4.29. The number of hydrogen-bond acceptors (Lipinski definition) is 2. The molecule has 2 aromatic rings. The van der Waals surface area contributed by atoms with Gasteiger partial charge in [-0.25, -0.2) is 9.78 Å². The maximum Gasteiger partial charge on any atom is 0.418 e. The normalized spacial score (nSPS) is 11.0. The van der Waals surface area contributed by atoms with Gasteiger partial charge in [0.05, 0.1) is 11.3 Å². The molecule has 2 N–H and O–H groups in total. The topological polar surface area (TPSA) is 54.0 Å². The fourth-order valence-electron chi connectivity index (χ4n) is 1.72. The zero-order valence-electron chi connectivity index (χ0n) is 11.0. The molecule has 4 nitrogen and oxygen atoms in total. The van der Waals surface area contributed by atoms with E-state index >= 15 is 0 Å². The Bertz CT molecular complexity index is 656. The van der Waals surface area contributed by atoms with Crippen molar-refractivity contribution in [3.05, 3.63) is 53.7 Å². The van der Waals surface area contributed by atoms with Crippen LogP contribution in [0.4, 0.5) is 29.5 Å². The highest BCUT2D eigenvalue weighted by molar-refractivity contribution is 5.99. The number of nitrogens with one attached hydrogen (secondary N) is 2. The largest absolute Gasteiger partial charge is 0.418 e. The van der Waals surface area contributed by atoms with Crippen LogP contribution in [0.1, 0.15) is 11.3 Å². The number of hydrogen-bond donors (Lipinski definition) is 2. The van der Waals surface area contributed by atoms with Gasteiger partial charge in [-0.05, 0) is 31.2 Å². The first kappa shape index (κ1) is 14.8. The van der Waals surface area contributed by atoms with Gasteiger partial charge in [0.15, 0.2) is 0 Å². The summed E-state index contributed by atoms with van der Waals surface area (Å²) in [4.78, 5) is 15.8. The number of pyridine rings is 1. The van der Waals surface area contributed by atoms with Crippen LogP contribution >= 0.6 is 0 Å². The van der Waals surface area contributed by atoms with Gasteiger partial charge in [-0.15, -0.1) is 0 Å². The number of benzene rings is 1. The summed E-state index contributed by atoms with van der Waals surface area (Å²) in [6, 6.07) is 8.94. The Hall–Kier alpha value is -2.57. The van der Waals surface area contributed by atoms with Crippen LogP contribution in [0.2, 0.25) is 0 Å². The van der Waals surface area contributed by atoms with Crippen LogP contribution in [-0.4, -0.2) is 11.0 Å². The van der Waals surface area contributed by atoms with Crippen molar-refractivity contribution in [3.63, 3.8) is 0 Å². The molecule has 0 atom stereocenters. The number of urea groups is 1. The quantitative estimate of drug-likeness (QED) is 0.878. The molecule has 0 bridgehead atoms. The number of amides is 2. The van der Waals surface area contributed by atoms with E-state index in [1.165, 1.54) is 18.2 Å². The van der Waals surface area contributed by atoms with Crippen molar-refractivity contribution < 1.29 is 18.0 Å². The summed E-state index contributed by atoms with van der Waals surface area (Å²) in [5.41, 5.74) is -0.531. The van der Waals surface area contributed by atoms with E-state index in [4.69, 9.17) is 0 Å². The summed E-state index contributed by atoms with van der Waals surface area (Å²) < 4.78 is 38.4. The van der Waals surface area contributed by atoms with Crippen LogP contribution in [-0.2, 0) is 6.18 Å². The number of aromatic nitrogens is 1. The van der Waals surface area contributed by atoms with Gasteiger partial charge in [0.2, 0.25) is 0 Å². The van der Waals surface area contributed by atoms with Crippen LogP contribution < -0.4 is 10.6 Å². The first-order chi connectivity index (χ1) is 9.86. The van der Waals surface area contributed by atoms with E-state index in [0.29, 0.717) is 5.69 Å². The first-order valence-corrected chi connectivity index (χ1v) is 6.04. The van der Waals surface area contributed by atoms with Crippen molar-refractivity contribution in [1.82, 2.24) is 4.98 Å². The molecule has 0 saturated heterocycles. The molecule has 2 rings (SSSR count). The van der Waals surface area contributed by atoms with Gasteiger partial charge in [-0.3, -0.25) is 5.32 Å². The summed E-state index contributed by atoms with van der Waals surface area (Å²) in [6.07, 6.45) is -4.54. The molecule has 110 valence electrons. The van der Waals surface area contributed by atoms with Crippen LogP contribution in [0, 0.1) is 6.92 Å². The lowest BCUT2D eigenvalue weighted by molar-refractivity contribution is -0.136. The van der Waals surface area contributed by atoms with Crippen LogP contribution in [0.5, 0.6) is 0 Å². The van der Waals surface area contributed by atoms with Crippen molar-refractivity contribution in [2.45, 2.75) is 13.1 Å². The van der Waals surface area contributed by atoms with Gasteiger partial charge in [0.1, 0.15) is 5.82 Å². The Morgan fingerprint density at radius 2 is 1.76 bits per heavy atom. The minimum Gasteiger partial charge on any atom is -0.307 e. The van der Waals surface area contributed by atoms with E-state index in [-0.39, 0.29) is 11.5 Å². The molecule has 0 unspecified atom stereocenters. The standard InChI is InChI=1S/C14H12F3N3O/c1-9-5-4-8-12(18-9)20-13(21)19-11-7-3-2-6-10(11)14(15,16)17/h2-8H,1H3,(H2,18,19,20,21). The third-order valence-corrected chi connectivity index (χ3v) is 2.61. The molecule has 0 spiro atoms. The first-order valence-electron chi connectivity index (χ1n) is 6.04. The lowest BCUT2D eigenvalue weighted by Crippen LogP contribution is -2.22. The maximum atomic E-state index is 12.8. The minimum atomic E-state index is -4.54. The second kappa shape index (κ2) is 5.82. The van der Waals surface area contributed by atoms with E-state index < -0.39 is 17.8 Å². The summed E-state index contributed by atoms with van der Waals surface area (Å²) >= 11 is 0. The Morgan fingerprint density at radius 3 is 2.43 bits per heavy atom. The van der Waals surface area contributed by atoms with E-state index in [2.05, 4.69) is 15.6 Å². The molecular weight excluding hydrogens is 283 g/mol. The summed E-state index contributed by atoms with van der Waals surface area (Å²) in [7, 11) is 0. The average molecular weight is 295 g/mol. The molecule has 1 heterocycles. The minimum absolute atomic E-state index is 0.261. The van der Waals surface area contributed by atoms with E-state index in [1.54, 1.807) is 25.1 Å². The number of alkyl halides is 3. The van der Waals surface area contributed by atoms with Crippen molar-refractivity contribution in [2.24, 2.45) is 0 Å². The fourth-order valence-corrected chi connectivity index (χ4v) is 1.72. The zero-order valence-corrected chi connectivity index (χ0v) is 11.0. The number of halogens is 3. The van der Waals surface area contributed by atoms with Crippen LogP contribution in [0.3, 0.4) is 0 Å². The fraction of sp³-hybridized carbons (Fsp3) is 0.143. The average Bonchev–Trinajstić information content (AvgIpc) is 2.37. The Kier molecular flexibility index (Phi) is 4.11. The molecule has 0 saturated carbocycles. The SMILES string of the molecule is Cc1cccc(NC(=O)Nc2ccccc2C(F)(F)F)n1. The number of para-hydroxylation sites is 1. The zero-order chi connectivity index (χ0) is 15.5. The smallest absolute Gasteiger partial charge is 0.307 e. The van der Waals surface area contributed by atoms with Crippen molar-refractivity contribution >= 4 is 17.5 Å². The number of anilines is 2. The second-order valence-corrected chi connectivity index (χ2v) is 4.29. The highest BCUT2D eigenvalue weighted by Crippen LogP contribution is 2.34. The third-order valence-electron chi connectivity index (χ3n) is 2.61. The van der Waals surface area contributed by atoms with Crippen LogP contribution in [0.15, 0.2) is 42.5 Å². The number of carbonyl (C=O) groups is 1. The lowest BCUT2D eigenvalue weighted by Gasteiger charge is -2.13. The maximum absolute atomic E-state index is 12.8. The molecule has 2 amide bonds. The molecule has 21 heavy (non-hydrogen) atoms. The van der Waals surface area contributed by atoms with Crippen molar-refractivity contribution in [2.75, 3.05) is 10.6 Å². The predicted octanol–water partition coefficient (Wildman–Crippen LogP) is 4.05. The predicted molar refractivity (Wildman–Crippen MR) is 73.1 cm³/mol. The lowest BCUT2D eigenvalue weighted by atomic mass is 10.1. The van der Waals surface area contributed by atoms with E-state index in [9.17, 15) is 18.0 Å². The Morgan fingerprint density at radius 1 is 1.05 bits per heavy atom. The molecule has 0 aliphatic heterocycles. The van der Waals surface area contributed by atoms with Gasteiger partial charge in [0.25, 0.3) is 0 Å². The molecule has 0 aliphatic rings. The highest BCUT2D eigenvalue weighted by atomic mass is 19.4. The molecule has 0 fully saturated rings. The molecule has 0 radical (unpaired) electrons. The highest BCUT2D eigenvalue weighted by Gasteiger charge is 2.33. The van der Waals surface area contributed by atoms with Gasteiger partial charge in [-0.2, -0.15) is 13.2 Å². The Balaban J connectivity index is 2.14. The molecule has 1 aromatic carbocycles. The monoisotopic (exact) mass is 295 g/mol. The number of aryl methyl sites for hydroxylation is 1. The summed E-state index contributed by atoms with van der Waals surface area (Å²) in [5, 5.41) is 4.56. The van der Waals surface area contributed by atoms with E-state index in [0.717, 1.165) is 6.07 Å². The summed E-state index contributed by atoms with van der Waals surface area (Å²) in [6.45, 7) is 1.74. The number of nitrogens with zero attached hydrogens (tertiary/aromatic N) is 1. The van der Waals surface area contributed by atoms with Gasteiger partial charge in [0, 0.05) is 5.69 Å². The summed E-state index contributed by atoms with van der Waals surface area (Å²) in [5.74, 6) is 0.261. The number of rotatable bonds is 2. The van der Waals surface area contributed by atoms with Crippen molar-refractivity contribution in [3.8, 4) is 0 Å². The molecule has 0 aliphatic carbocycles. The third kappa shape index (κ3) is 3.95. The van der Waals surface area contributed by atoms with Gasteiger partial charge >= 0.3 is 12.2 Å². The van der Waals surface area contributed by atoms with Gasteiger partial charge < -0.3 is 5.32 Å². The molecule has 7 heteroatoms.